The SMILES string of the molecule is CCN(CC1CC1)c1cc(C(=O)OC)ccc1[N+](=O)[O-]. The molecule has 1 fully saturated rings. The van der Waals surface area contributed by atoms with E-state index in [4.69, 9.17) is 0 Å². The molecule has 0 atom stereocenters. The Hall–Kier alpha value is -2.11. The molecule has 2 rings (SSSR count). The number of nitro groups is 1. The van der Waals surface area contributed by atoms with Crippen molar-refractivity contribution in [3.8, 4) is 0 Å². The smallest absolute Gasteiger partial charge is 0.337 e. The van der Waals surface area contributed by atoms with Crippen LogP contribution in [0.25, 0.3) is 0 Å². The molecule has 1 aromatic rings. The second-order valence-electron chi connectivity index (χ2n) is 4.93. The van der Waals surface area contributed by atoms with Gasteiger partial charge in [0.25, 0.3) is 5.69 Å². The molecule has 6 heteroatoms. The summed E-state index contributed by atoms with van der Waals surface area (Å²) in [6.45, 7) is 3.42. The van der Waals surface area contributed by atoms with E-state index in [1.807, 2.05) is 11.8 Å². The number of ether oxygens (including phenoxy) is 1. The lowest BCUT2D eigenvalue weighted by Gasteiger charge is -2.23. The fourth-order valence-electron chi connectivity index (χ4n) is 2.19. The maximum Gasteiger partial charge on any atom is 0.337 e. The van der Waals surface area contributed by atoms with E-state index in [-0.39, 0.29) is 5.69 Å². The van der Waals surface area contributed by atoms with Gasteiger partial charge in [-0.25, -0.2) is 4.79 Å². The lowest BCUT2D eigenvalue weighted by molar-refractivity contribution is -0.384. The Morgan fingerprint density at radius 3 is 2.70 bits per heavy atom. The van der Waals surface area contributed by atoms with Crippen LogP contribution in [0.3, 0.4) is 0 Å². The molecule has 0 aromatic heterocycles. The second kappa shape index (κ2) is 5.90. The van der Waals surface area contributed by atoms with Crippen LogP contribution in [0.4, 0.5) is 11.4 Å². The molecule has 1 aromatic carbocycles. The molecule has 108 valence electrons. The molecular formula is C14H18N2O4. The minimum Gasteiger partial charge on any atom is -0.465 e. The monoisotopic (exact) mass is 278 g/mol. The normalized spacial score (nSPS) is 13.9. The van der Waals surface area contributed by atoms with Gasteiger partial charge in [-0.2, -0.15) is 0 Å². The quantitative estimate of drug-likeness (QED) is 0.454. The summed E-state index contributed by atoms with van der Waals surface area (Å²) in [6, 6.07) is 4.35. The summed E-state index contributed by atoms with van der Waals surface area (Å²) in [5.41, 5.74) is 0.856. The highest BCUT2D eigenvalue weighted by Gasteiger charge is 2.27. The Labute approximate surface area is 117 Å². The molecular weight excluding hydrogens is 260 g/mol. The summed E-state index contributed by atoms with van der Waals surface area (Å²) in [5, 5.41) is 11.2. The van der Waals surface area contributed by atoms with E-state index in [1.54, 1.807) is 6.07 Å². The van der Waals surface area contributed by atoms with E-state index >= 15 is 0 Å². The zero-order chi connectivity index (χ0) is 14.7. The highest BCUT2D eigenvalue weighted by atomic mass is 16.6. The minimum absolute atomic E-state index is 0.0279. The first-order valence-corrected chi connectivity index (χ1v) is 6.68. The third-order valence-electron chi connectivity index (χ3n) is 3.49. The molecule has 0 saturated heterocycles. The molecule has 0 unspecified atom stereocenters. The summed E-state index contributed by atoms with van der Waals surface area (Å²) in [6.07, 6.45) is 2.34. The molecule has 6 nitrogen and oxygen atoms in total. The fraction of sp³-hybridized carbons (Fsp3) is 0.500. The molecule has 20 heavy (non-hydrogen) atoms. The van der Waals surface area contributed by atoms with E-state index in [1.165, 1.54) is 32.1 Å². The van der Waals surface area contributed by atoms with Gasteiger partial charge in [-0.3, -0.25) is 10.1 Å². The predicted octanol–water partition coefficient (Wildman–Crippen LogP) is 2.62. The first kappa shape index (κ1) is 14.3. The lowest BCUT2D eigenvalue weighted by Crippen LogP contribution is -2.26. The average Bonchev–Trinajstić information content (AvgIpc) is 3.27. The number of nitrogens with zero attached hydrogens (tertiary/aromatic N) is 2. The van der Waals surface area contributed by atoms with Crippen molar-refractivity contribution >= 4 is 17.3 Å². The molecule has 0 N–H and O–H groups in total. The Bertz CT molecular complexity index is 526. The van der Waals surface area contributed by atoms with Gasteiger partial charge in [0, 0.05) is 19.2 Å². The number of hydrogen-bond donors (Lipinski definition) is 0. The second-order valence-corrected chi connectivity index (χ2v) is 4.93. The number of rotatable bonds is 6. The summed E-state index contributed by atoms with van der Waals surface area (Å²) in [7, 11) is 1.30. The van der Waals surface area contributed by atoms with Gasteiger partial charge in [0.2, 0.25) is 0 Å². The number of methoxy groups -OCH3 is 1. The van der Waals surface area contributed by atoms with Crippen molar-refractivity contribution < 1.29 is 14.5 Å². The first-order valence-electron chi connectivity index (χ1n) is 6.68. The molecule has 1 aliphatic carbocycles. The number of esters is 1. The van der Waals surface area contributed by atoms with Gasteiger partial charge < -0.3 is 9.64 Å². The van der Waals surface area contributed by atoms with Crippen LogP contribution in [-0.2, 0) is 4.74 Å². The van der Waals surface area contributed by atoms with Crippen LogP contribution in [0.5, 0.6) is 0 Å². The van der Waals surface area contributed by atoms with E-state index in [0.717, 1.165) is 6.54 Å². The lowest BCUT2D eigenvalue weighted by atomic mass is 10.1. The number of anilines is 1. The van der Waals surface area contributed by atoms with Gasteiger partial charge in [0.15, 0.2) is 0 Å². The highest BCUT2D eigenvalue weighted by Crippen LogP contribution is 2.35. The number of carbonyl (C=O) groups excluding carboxylic acids is 1. The Balaban J connectivity index is 2.38. The average molecular weight is 278 g/mol. The predicted molar refractivity (Wildman–Crippen MR) is 75.0 cm³/mol. The first-order chi connectivity index (χ1) is 9.56. The summed E-state index contributed by atoms with van der Waals surface area (Å²) in [4.78, 5) is 24.3. The van der Waals surface area contributed by atoms with Crippen LogP contribution in [0.1, 0.15) is 30.1 Å². The molecule has 1 saturated carbocycles. The van der Waals surface area contributed by atoms with Crippen LogP contribution in [0, 0.1) is 16.0 Å². The van der Waals surface area contributed by atoms with Gasteiger partial charge in [-0.15, -0.1) is 0 Å². The van der Waals surface area contributed by atoms with Crippen molar-refractivity contribution in [2.45, 2.75) is 19.8 Å². The standard InChI is InChI=1S/C14H18N2O4/c1-3-15(9-10-4-5-10)13-8-11(14(17)20-2)6-7-12(13)16(18)19/h6-8,10H,3-5,9H2,1-2H3. The van der Waals surface area contributed by atoms with Crippen molar-refractivity contribution in [2.24, 2.45) is 5.92 Å². The molecule has 0 amide bonds. The van der Waals surface area contributed by atoms with Crippen molar-refractivity contribution in [3.63, 3.8) is 0 Å². The van der Waals surface area contributed by atoms with Crippen LogP contribution >= 0.6 is 0 Å². The molecule has 0 heterocycles. The van der Waals surface area contributed by atoms with Gasteiger partial charge in [0.05, 0.1) is 17.6 Å². The fourth-order valence-corrected chi connectivity index (χ4v) is 2.19. The van der Waals surface area contributed by atoms with Crippen LogP contribution in [0.15, 0.2) is 18.2 Å². The van der Waals surface area contributed by atoms with E-state index in [0.29, 0.717) is 23.7 Å². The van der Waals surface area contributed by atoms with E-state index in [9.17, 15) is 14.9 Å². The number of hydrogen-bond acceptors (Lipinski definition) is 5. The molecule has 1 aliphatic rings. The topological polar surface area (TPSA) is 72.7 Å². The van der Waals surface area contributed by atoms with Crippen LogP contribution < -0.4 is 4.90 Å². The zero-order valence-corrected chi connectivity index (χ0v) is 11.7. The Kier molecular flexibility index (Phi) is 4.22. The Morgan fingerprint density at radius 1 is 1.50 bits per heavy atom. The van der Waals surface area contributed by atoms with Crippen molar-refractivity contribution in [2.75, 3.05) is 25.1 Å². The van der Waals surface area contributed by atoms with Crippen LogP contribution in [-0.4, -0.2) is 31.1 Å². The summed E-state index contributed by atoms with van der Waals surface area (Å²) in [5.74, 6) is 0.125. The number of benzene rings is 1. The third-order valence-corrected chi connectivity index (χ3v) is 3.49. The molecule has 0 spiro atoms. The largest absolute Gasteiger partial charge is 0.465 e. The third kappa shape index (κ3) is 3.07. The highest BCUT2D eigenvalue weighted by molar-refractivity contribution is 5.91. The summed E-state index contributed by atoms with van der Waals surface area (Å²) >= 11 is 0. The minimum atomic E-state index is -0.483. The number of nitro benzene ring substituents is 1. The molecule has 0 bridgehead atoms. The molecule has 0 radical (unpaired) electrons. The van der Waals surface area contributed by atoms with E-state index in [2.05, 4.69) is 4.74 Å². The maximum atomic E-state index is 11.6. The van der Waals surface area contributed by atoms with Gasteiger partial charge in [-0.1, -0.05) is 0 Å². The Morgan fingerprint density at radius 2 is 2.20 bits per heavy atom. The molecule has 0 aliphatic heterocycles. The van der Waals surface area contributed by atoms with Crippen molar-refractivity contribution in [3.05, 3.63) is 33.9 Å². The van der Waals surface area contributed by atoms with Crippen molar-refractivity contribution in [1.82, 2.24) is 0 Å². The summed E-state index contributed by atoms with van der Waals surface area (Å²) < 4.78 is 4.67. The maximum absolute atomic E-state index is 11.6. The van der Waals surface area contributed by atoms with E-state index < -0.39 is 10.9 Å². The zero-order valence-electron chi connectivity index (χ0n) is 11.7. The van der Waals surface area contributed by atoms with Gasteiger partial charge in [-0.05, 0) is 37.8 Å². The van der Waals surface area contributed by atoms with Crippen molar-refractivity contribution in [1.29, 1.82) is 0 Å². The number of carbonyl (C=O) groups is 1. The van der Waals surface area contributed by atoms with Gasteiger partial charge in [0.1, 0.15) is 5.69 Å². The van der Waals surface area contributed by atoms with Gasteiger partial charge >= 0.3 is 5.97 Å². The van der Waals surface area contributed by atoms with Crippen LogP contribution in [0.2, 0.25) is 0 Å².